The van der Waals surface area contributed by atoms with Gasteiger partial charge in [0.05, 0.1) is 7.11 Å². The average molecular weight is 218 g/mol. The fourth-order valence-electron chi connectivity index (χ4n) is 2.48. The topological polar surface area (TPSA) is 26.3 Å². The monoisotopic (exact) mass is 218 g/mol. The fraction of sp³-hybridized carbons (Fsp3) is 0.500. The number of hydrogen-bond donors (Lipinski definition) is 0. The summed E-state index contributed by atoms with van der Waals surface area (Å²) < 4.78 is 5.32. The van der Waals surface area contributed by atoms with E-state index in [9.17, 15) is 4.79 Å². The quantitative estimate of drug-likeness (QED) is 0.762. The number of rotatable bonds is 2. The van der Waals surface area contributed by atoms with Crippen molar-refractivity contribution in [1.29, 1.82) is 0 Å². The third kappa shape index (κ3) is 2.11. The van der Waals surface area contributed by atoms with Gasteiger partial charge in [-0.05, 0) is 24.8 Å². The van der Waals surface area contributed by atoms with Crippen molar-refractivity contribution in [1.82, 2.24) is 0 Å². The first-order chi connectivity index (χ1) is 7.72. The number of hydrogen-bond acceptors (Lipinski definition) is 2. The van der Waals surface area contributed by atoms with Gasteiger partial charge in [-0.15, -0.1) is 0 Å². The van der Waals surface area contributed by atoms with Crippen molar-refractivity contribution in [2.45, 2.75) is 32.1 Å². The second kappa shape index (κ2) is 4.69. The van der Waals surface area contributed by atoms with Gasteiger partial charge < -0.3 is 4.74 Å². The highest BCUT2D eigenvalue weighted by molar-refractivity contribution is 5.87. The normalized spacial score (nSPS) is 25.5. The predicted octanol–water partition coefficient (Wildman–Crippen LogP) is 3.17. The maximum atomic E-state index is 12.0. The van der Waals surface area contributed by atoms with Crippen LogP contribution in [-0.2, 0) is 4.79 Å². The Labute approximate surface area is 96.6 Å². The SMILES string of the molecule is COc1ccccc1C1CCC(C)CC1=O. The number of carbonyl (C=O) groups is 1. The molecular weight excluding hydrogens is 200 g/mol. The molecular formula is C14H18O2. The van der Waals surface area contributed by atoms with E-state index >= 15 is 0 Å². The molecule has 1 saturated carbocycles. The Kier molecular flexibility index (Phi) is 3.28. The molecule has 0 heterocycles. The van der Waals surface area contributed by atoms with Crippen molar-refractivity contribution in [2.24, 2.45) is 5.92 Å². The Morgan fingerprint density at radius 3 is 2.69 bits per heavy atom. The van der Waals surface area contributed by atoms with E-state index in [4.69, 9.17) is 4.74 Å². The van der Waals surface area contributed by atoms with Crippen molar-refractivity contribution < 1.29 is 9.53 Å². The molecule has 1 aliphatic carbocycles. The molecule has 1 fully saturated rings. The first-order valence-electron chi connectivity index (χ1n) is 5.88. The summed E-state index contributed by atoms with van der Waals surface area (Å²) in [5.41, 5.74) is 1.06. The molecule has 0 amide bonds. The Morgan fingerprint density at radius 2 is 2.00 bits per heavy atom. The number of Topliss-reactive ketones (excluding diaryl/α,β-unsaturated/α-hetero) is 1. The van der Waals surface area contributed by atoms with Crippen molar-refractivity contribution >= 4 is 5.78 Å². The first-order valence-corrected chi connectivity index (χ1v) is 5.88. The number of methoxy groups -OCH3 is 1. The highest BCUT2D eigenvalue weighted by atomic mass is 16.5. The van der Waals surface area contributed by atoms with Crippen molar-refractivity contribution in [2.75, 3.05) is 7.11 Å². The maximum Gasteiger partial charge on any atom is 0.140 e. The largest absolute Gasteiger partial charge is 0.496 e. The van der Waals surface area contributed by atoms with Gasteiger partial charge in [0.25, 0.3) is 0 Å². The molecule has 1 aromatic carbocycles. The van der Waals surface area contributed by atoms with E-state index in [2.05, 4.69) is 6.92 Å². The van der Waals surface area contributed by atoms with Gasteiger partial charge >= 0.3 is 0 Å². The number of para-hydroxylation sites is 1. The lowest BCUT2D eigenvalue weighted by Crippen LogP contribution is -2.22. The standard InChI is InChI=1S/C14H18O2/c1-10-7-8-11(13(15)9-10)12-5-3-4-6-14(12)16-2/h3-6,10-11H,7-9H2,1-2H3. The van der Waals surface area contributed by atoms with Crippen LogP contribution in [0.5, 0.6) is 5.75 Å². The lowest BCUT2D eigenvalue weighted by atomic mass is 9.78. The molecule has 0 bridgehead atoms. The van der Waals surface area contributed by atoms with E-state index in [-0.39, 0.29) is 5.92 Å². The molecule has 0 spiro atoms. The third-order valence-electron chi connectivity index (χ3n) is 3.40. The Morgan fingerprint density at radius 1 is 1.25 bits per heavy atom. The van der Waals surface area contributed by atoms with Gasteiger partial charge in [0, 0.05) is 17.9 Å². The summed E-state index contributed by atoms with van der Waals surface area (Å²) in [5, 5.41) is 0. The van der Waals surface area contributed by atoms with Crippen LogP contribution in [0.3, 0.4) is 0 Å². The Balaban J connectivity index is 2.26. The highest BCUT2D eigenvalue weighted by Gasteiger charge is 2.29. The average Bonchev–Trinajstić information content (AvgIpc) is 2.29. The molecule has 1 aromatic rings. The van der Waals surface area contributed by atoms with Gasteiger partial charge in [-0.2, -0.15) is 0 Å². The van der Waals surface area contributed by atoms with Crippen LogP contribution in [-0.4, -0.2) is 12.9 Å². The lowest BCUT2D eigenvalue weighted by Gasteiger charge is -2.26. The summed E-state index contributed by atoms with van der Waals surface area (Å²) in [6, 6.07) is 7.86. The minimum absolute atomic E-state index is 0.0485. The van der Waals surface area contributed by atoms with Gasteiger partial charge in [0.15, 0.2) is 0 Å². The maximum absolute atomic E-state index is 12.0. The van der Waals surface area contributed by atoms with Crippen LogP contribution in [0.25, 0.3) is 0 Å². The smallest absolute Gasteiger partial charge is 0.140 e. The summed E-state index contributed by atoms with van der Waals surface area (Å²) in [6.45, 7) is 2.15. The van der Waals surface area contributed by atoms with E-state index in [0.717, 1.165) is 24.2 Å². The Hall–Kier alpha value is -1.31. The molecule has 0 aliphatic heterocycles. The second-order valence-corrected chi connectivity index (χ2v) is 4.65. The van der Waals surface area contributed by atoms with Crippen molar-refractivity contribution in [3.8, 4) is 5.75 Å². The fourth-order valence-corrected chi connectivity index (χ4v) is 2.48. The van der Waals surface area contributed by atoms with Gasteiger partial charge in [-0.1, -0.05) is 25.1 Å². The molecule has 2 heteroatoms. The zero-order valence-corrected chi connectivity index (χ0v) is 9.90. The van der Waals surface area contributed by atoms with Crippen LogP contribution in [0.4, 0.5) is 0 Å². The van der Waals surface area contributed by atoms with Crippen molar-refractivity contribution in [3.05, 3.63) is 29.8 Å². The van der Waals surface area contributed by atoms with Gasteiger partial charge in [0.2, 0.25) is 0 Å². The molecule has 2 atom stereocenters. The van der Waals surface area contributed by atoms with Crippen LogP contribution in [0.15, 0.2) is 24.3 Å². The number of carbonyl (C=O) groups excluding carboxylic acids is 1. The van der Waals surface area contributed by atoms with E-state index in [1.54, 1.807) is 7.11 Å². The van der Waals surface area contributed by atoms with E-state index in [0.29, 0.717) is 18.1 Å². The van der Waals surface area contributed by atoms with E-state index in [1.165, 1.54) is 0 Å². The lowest BCUT2D eigenvalue weighted by molar-refractivity contribution is -0.123. The number of ether oxygens (including phenoxy) is 1. The minimum atomic E-state index is 0.0485. The molecule has 2 unspecified atom stereocenters. The number of ketones is 1. The summed E-state index contributed by atoms with van der Waals surface area (Å²) in [7, 11) is 1.66. The molecule has 0 N–H and O–H groups in total. The van der Waals surface area contributed by atoms with E-state index < -0.39 is 0 Å². The second-order valence-electron chi connectivity index (χ2n) is 4.65. The molecule has 0 radical (unpaired) electrons. The van der Waals surface area contributed by atoms with Crippen LogP contribution in [0.2, 0.25) is 0 Å². The van der Waals surface area contributed by atoms with Gasteiger partial charge in [0.1, 0.15) is 11.5 Å². The Bertz CT molecular complexity index is 384. The zero-order chi connectivity index (χ0) is 11.5. The van der Waals surface area contributed by atoms with Crippen molar-refractivity contribution in [3.63, 3.8) is 0 Å². The van der Waals surface area contributed by atoms with Gasteiger partial charge in [-0.25, -0.2) is 0 Å². The summed E-state index contributed by atoms with van der Waals surface area (Å²) in [6.07, 6.45) is 2.80. The third-order valence-corrected chi connectivity index (χ3v) is 3.40. The summed E-state index contributed by atoms with van der Waals surface area (Å²) in [5.74, 6) is 1.80. The van der Waals surface area contributed by atoms with Crippen LogP contribution >= 0.6 is 0 Å². The summed E-state index contributed by atoms with van der Waals surface area (Å²) in [4.78, 5) is 12.0. The number of benzene rings is 1. The molecule has 86 valence electrons. The zero-order valence-electron chi connectivity index (χ0n) is 9.90. The summed E-state index contributed by atoms with van der Waals surface area (Å²) >= 11 is 0. The molecule has 1 aliphatic rings. The van der Waals surface area contributed by atoms with Crippen LogP contribution in [0, 0.1) is 5.92 Å². The minimum Gasteiger partial charge on any atom is -0.496 e. The molecule has 2 rings (SSSR count). The highest BCUT2D eigenvalue weighted by Crippen LogP contribution is 2.36. The van der Waals surface area contributed by atoms with Crippen LogP contribution < -0.4 is 4.74 Å². The molecule has 0 saturated heterocycles. The molecule has 2 nitrogen and oxygen atoms in total. The molecule has 0 aromatic heterocycles. The predicted molar refractivity (Wildman–Crippen MR) is 63.8 cm³/mol. The first kappa shape index (κ1) is 11.2. The van der Waals surface area contributed by atoms with Crippen LogP contribution in [0.1, 0.15) is 37.7 Å². The molecule has 16 heavy (non-hydrogen) atoms. The van der Waals surface area contributed by atoms with Gasteiger partial charge in [-0.3, -0.25) is 4.79 Å². The van der Waals surface area contributed by atoms with E-state index in [1.807, 2.05) is 24.3 Å².